The standard InChI is InChI=1S/C18H23NO3.C2H6/c1-6-9-13(7-2)16(14-10-8-11-15(20)12-14)19-17(21)22-18(3,4)5;1-2/h6-12,16,20H,1-2H2,3-5H3,(H,19,21);1-2H3/b13-9+;. The summed E-state index contributed by atoms with van der Waals surface area (Å²) in [5.74, 6) is 0.121. The molecule has 1 amide bonds. The molecule has 132 valence electrons. The summed E-state index contributed by atoms with van der Waals surface area (Å²) in [5, 5.41) is 12.5. The Morgan fingerprint density at radius 1 is 1.29 bits per heavy atom. The topological polar surface area (TPSA) is 58.6 Å². The molecule has 0 saturated carbocycles. The first kappa shape index (κ1) is 21.5. The molecule has 1 unspecified atom stereocenters. The highest BCUT2D eigenvalue weighted by Gasteiger charge is 2.22. The third kappa shape index (κ3) is 7.68. The van der Waals surface area contributed by atoms with Gasteiger partial charge in [0.2, 0.25) is 0 Å². The number of ether oxygens (including phenoxy) is 1. The summed E-state index contributed by atoms with van der Waals surface area (Å²) < 4.78 is 5.29. The second kappa shape index (κ2) is 10.3. The van der Waals surface area contributed by atoms with Crippen molar-refractivity contribution in [2.45, 2.75) is 46.3 Å². The molecule has 1 aromatic carbocycles. The number of alkyl carbamates (subject to hydrolysis) is 1. The minimum atomic E-state index is -0.593. The van der Waals surface area contributed by atoms with Crippen molar-refractivity contribution in [3.8, 4) is 5.75 Å². The van der Waals surface area contributed by atoms with E-state index >= 15 is 0 Å². The maximum Gasteiger partial charge on any atom is 0.408 e. The predicted molar refractivity (Wildman–Crippen MR) is 100 cm³/mol. The maximum absolute atomic E-state index is 12.1. The summed E-state index contributed by atoms with van der Waals surface area (Å²) >= 11 is 0. The Hall–Kier alpha value is -2.49. The van der Waals surface area contributed by atoms with E-state index in [0.29, 0.717) is 0 Å². The fraction of sp³-hybridized carbons (Fsp3) is 0.350. The Kier molecular flexibility index (Phi) is 9.25. The van der Waals surface area contributed by atoms with Gasteiger partial charge in [-0.15, -0.1) is 0 Å². The molecule has 0 fully saturated rings. The van der Waals surface area contributed by atoms with E-state index < -0.39 is 17.7 Å². The molecule has 24 heavy (non-hydrogen) atoms. The molecule has 0 bridgehead atoms. The molecule has 1 aromatic rings. The van der Waals surface area contributed by atoms with E-state index in [4.69, 9.17) is 4.74 Å². The van der Waals surface area contributed by atoms with Crippen molar-refractivity contribution < 1.29 is 14.6 Å². The predicted octanol–water partition coefficient (Wildman–Crippen LogP) is 5.28. The van der Waals surface area contributed by atoms with Crippen molar-refractivity contribution in [1.82, 2.24) is 5.32 Å². The van der Waals surface area contributed by atoms with Gasteiger partial charge in [-0.2, -0.15) is 0 Å². The van der Waals surface area contributed by atoms with Crippen molar-refractivity contribution in [2.75, 3.05) is 0 Å². The summed E-state index contributed by atoms with van der Waals surface area (Å²) in [6.45, 7) is 16.8. The third-order valence-electron chi connectivity index (χ3n) is 2.74. The Bertz CT molecular complexity index is 583. The molecule has 0 saturated heterocycles. The molecule has 1 rings (SSSR count). The van der Waals surface area contributed by atoms with Crippen molar-refractivity contribution >= 4 is 6.09 Å². The lowest BCUT2D eigenvalue weighted by Crippen LogP contribution is -2.35. The second-order valence-electron chi connectivity index (χ2n) is 5.78. The number of carbonyl (C=O) groups excluding carboxylic acids is 1. The largest absolute Gasteiger partial charge is 0.508 e. The minimum absolute atomic E-state index is 0.121. The number of benzene rings is 1. The number of carbonyl (C=O) groups is 1. The summed E-state index contributed by atoms with van der Waals surface area (Å²) in [7, 11) is 0. The van der Waals surface area contributed by atoms with E-state index in [2.05, 4.69) is 18.5 Å². The molecule has 0 spiro atoms. The Labute approximate surface area is 145 Å². The van der Waals surface area contributed by atoms with Crippen molar-refractivity contribution in [2.24, 2.45) is 0 Å². The van der Waals surface area contributed by atoms with Gasteiger partial charge in [-0.3, -0.25) is 0 Å². The van der Waals surface area contributed by atoms with E-state index in [-0.39, 0.29) is 5.75 Å². The highest BCUT2D eigenvalue weighted by Crippen LogP contribution is 2.26. The van der Waals surface area contributed by atoms with Crippen LogP contribution in [0.5, 0.6) is 5.75 Å². The number of hydrogen-bond donors (Lipinski definition) is 2. The van der Waals surface area contributed by atoms with Crippen molar-refractivity contribution in [1.29, 1.82) is 0 Å². The zero-order valence-electron chi connectivity index (χ0n) is 15.3. The first-order valence-corrected chi connectivity index (χ1v) is 8.00. The molecule has 4 heteroatoms. The van der Waals surface area contributed by atoms with Gasteiger partial charge in [0, 0.05) is 0 Å². The van der Waals surface area contributed by atoms with Crippen LogP contribution in [0.1, 0.15) is 46.2 Å². The molecular weight excluding hydrogens is 302 g/mol. The van der Waals surface area contributed by atoms with Gasteiger partial charge in [-0.05, 0) is 44.0 Å². The molecule has 0 aliphatic heterocycles. The number of phenols is 1. The van der Waals surface area contributed by atoms with Crippen LogP contribution in [0, 0.1) is 0 Å². The van der Waals surface area contributed by atoms with E-state index in [1.807, 2.05) is 19.9 Å². The molecular formula is C20H29NO3. The highest BCUT2D eigenvalue weighted by atomic mass is 16.6. The second-order valence-corrected chi connectivity index (χ2v) is 5.78. The Balaban J connectivity index is 0.00000254. The van der Waals surface area contributed by atoms with Crippen molar-refractivity contribution in [3.63, 3.8) is 0 Å². The third-order valence-corrected chi connectivity index (χ3v) is 2.74. The van der Waals surface area contributed by atoms with Crippen LogP contribution in [0.4, 0.5) is 4.79 Å². The molecule has 0 aromatic heterocycles. The van der Waals surface area contributed by atoms with Crippen LogP contribution in [0.25, 0.3) is 0 Å². The van der Waals surface area contributed by atoms with Crippen LogP contribution >= 0.6 is 0 Å². The normalized spacial score (nSPS) is 12.3. The summed E-state index contributed by atoms with van der Waals surface area (Å²) in [4.78, 5) is 12.1. The number of allylic oxidation sites excluding steroid dienone is 2. The van der Waals surface area contributed by atoms with Crippen LogP contribution in [-0.2, 0) is 4.74 Å². The SMILES string of the molecule is C=C/C=C(\C=C)C(NC(=O)OC(C)(C)C)c1cccc(O)c1.CC. The van der Waals surface area contributed by atoms with Crippen LogP contribution in [0.3, 0.4) is 0 Å². The first-order chi connectivity index (χ1) is 11.3. The average Bonchev–Trinajstić information content (AvgIpc) is 2.51. The molecule has 0 heterocycles. The maximum atomic E-state index is 12.1. The van der Waals surface area contributed by atoms with E-state index in [0.717, 1.165) is 11.1 Å². The number of phenolic OH excluding ortho intramolecular Hbond substituents is 1. The van der Waals surface area contributed by atoms with E-state index in [1.54, 1.807) is 57.2 Å². The van der Waals surface area contributed by atoms with Crippen LogP contribution in [0.2, 0.25) is 0 Å². The smallest absolute Gasteiger partial charge is 0.408 e. The summed E-state index contributed by atoms with van der Waals surface area (Å²) in [6, 6.07) is 6.18. The number of amides is 1. The fourth-order valence-corrected chi connectivity index (χ4v) is 1.91. The fourth-order valence-electron chi connectivity index (χ4n) is 1.91. The quantitative estimate of drug-likeness (QED) is 0.721. The lowest BCUT2D eigenvalue weighted by molar-refractivity contribution is 0.0512. The number of aromatic hydroxyl groups is 1. The van der Waals surface area contributed by atoms with Gasteiger partial charge in [0.1, 0.15) is 11.4 Å². The van der Waals surface area contributed by atoms with Gasteiger partial charge in [0.25, 0.3) is 0 Å². The van der Waals surface area contributed by atoms with Gasteiger partial charge >= 0.3 is 6.09 Å². The van der Waals surface area contributed by atoms with E-state index in [9.17, 15) is 9.90 Å². The van der Waals surface area contributed by atoms with Gasteiger partial charge < -0.3 is 15.2 Å². The van der Waals surface area contributed by atoms with Gasteiger partial charge in [0.05, 0.1) is 6.04 Å². The van der Waals surface area contributed by atoms with Gasteiger partial charge in [-0.25, -0.2) is 4.79 Å². The first-order valence-electron chi connectivity index (χ1n) is 8.00. The average molecular weight is 331 g/mol. The molecule has 0 aliphatic carbocycles. The van der Waals surface area contributed by atoms with Crippen LogP contribution in [0.15, 0.2) is 61.2 Å². The van der Waals surface area contributed by atoms with E-state index in [1.165, 1.54) is 0 Å². The highest BCUT2D eigenvalue weighted by molar-refractivity contribution is 5.69. The van der Waals surface area contributed by atoms with Gasteiger partial charge in [-0.1, -0.05) is 57.4 Å². The van der Waals surface area contributed by atoms with Crippen LogP contribution < -0.4 is 5.32 Å². The molecule has 0 radical (unpaired) electrons. The molecule has 0 aliphatic rings. The monoisotopic (exact) mass is 331 g/mol. The molecule has 4 nitrogen and oxygen atoms in total. The molecule has 1 atom stereocenters. The van der Waals surface area contributed by atoms with Crippen molar-refractivity contribution in [3.05, 3.63) is 66.8 Å². The zero-order valence-corrected chi connectivity index (χ0v) is 15.3. The number of rotatable bonds is 5. The summed E-state index contributed by atoms with van der Waals surface area (Å²) in [6.07, 6.45) is 4.45. The Morgan fingerprint density at radius 2 is 1.92 bits per heavy atom. The number of nitrogens with one attached hydrogen (secondary N) is 1. The molecule has 2 N–H and O–H groups in total. The zero-order chi connectivity index (χ0) is 18.8. The minimum Gasteiger partial charge on any atom is -0.508 e. The Morgan fingerprint density at radius 3 is 2.38 bits per heavy atom. The lowest BCUT2D eigenvalue weighted by Gasteiger charge is -2.24. The van der Waals surface area contributed by atoms with Gasteiger partial charge in [0.15, 0.2) is 0 Å². The summed E-state index contributed by atoms with van der Waals surface area (Å²) in [5.41, 5.74) is 0.870. The lowest BCUT2D eigenvalue weighted by atomic mass is 9.98. The van der Waals surface area contributed by atoms with Crippen LogP contribution in [-0.4, -0.2) is 16.8 Å². The number of hydrogen-bond acceptors (Lipinski definition) is 3.